The molecule has 1 heterocycles. The molecule has 0 bridgehead atoms. The molecule has 0 N–H and O–H groups in total. The van der Waals surface area contributed by atoms with Gasteiger partial charge < -0.3 is 4.74 Å². The fourth-order valence-electron chi connectivity index (χ4n) is 2.44. The molecular formula is C17H22NOSi2. The minimum absolute atomic E-state index is 0.625. The van der Waals surface area contributed by atoms with E-state index < -0.39 is 16.9 Å². The molecule has 1 unspecified atom stereocenters. The largest absolute Gasteiger partial charge is 0.481 e. The van der Waals surface area contributed by atoms with E-state index >= 15 is 0 Å². The van der Waals surface area contributed by atoms with Gasteiger partial charge in [0.15, 0.2) is 0 Å². The van der Waals surface area contributed by atoms with Crippen LogP contribution in [-0.2, 0) is 0 Å². The van der Waals surface area contributed by atoms with E-state index in [1.54, 1.807) is 7.11 Å². The van der Waals surface area contributed by atoms with E-state index in [2.05, 4.69) is 73.3 Å². The van der Waals surface area contributed by atoms with E-state index in [0.29, 0.717) is 0 Å². The zero-order chi connectivity index (χ0) is 15.5. The molecule has 1 atom stereocenters. The van der Waals surface area contributed by atoms with Crippen molar-refractivity contribution in [2.75, 3.05) is 7.11 Å². The SMILES string of the molecule is C=C[Si](C)(c1ccccc1)c1cnc(OC)c([Si](C)C)c1. The van der Waals surface area contributed by atoms with Crippen molar-refractivity contribution in [2.24, 2.45) is 0 Å². The molecule has 2 aromatic rings. The molecule has 0 spiro atoms. The zero-order valence-corrected chi connectivity index (χ0v) is 15.2. The molecule has 1 aromatic heterocycles. The van der Waals surface area contributed by atoms with E-state index in [1.165, 1.54) is 15.6 Å². The molecule has 1 aromatic carbocycles. The summed E-state index contributed by atoms with van der Waals surface area (Å²) in [7, 11) is -0.859. The number of benzene rings is 1. The van der Waals surface area contributed by atoms with Crippen molar-refractivity contribution in [3.8, 4) is 5.88 Å². The second kappa shape index (κ2) is 6.41. The van der Waals surface area contributed by atoms with Crippen LogP contribution in [0.15, 0.2) is 54.9 Å². The second-order valence-corrected chi connectivity index (χ2v) is 12.1. The third-order valence-corrected chi connectivity index (χ3v) is 9.22. The molecule has 0 amide bonds. The first-order valence-corrected chi connectivity index (χ1v) is 12.1. The van der Waals surface area contributed by atoms with Crippen molar-refractivity contribution in [3.05, 3.63) is 54.9 Å². The highest BCUT2D eigenvalue weighted by Gasteiger charge is 2.29. The van der Waals surface area contributed by atoms with Crippen LogP contribution in [0.4, 0.5) is 0 Å². The van der Waals surface area contributed by atoms with Crippen LogP contribution in [0, 0.1) is 0 Å². The molecule has 21 heavy (non-hydrogen) atoms. The van der Waals surface area contributed by atoms with Crippen molar-refractivity contribution in [3.63, 3.8) is 0 Å². The molecule has 0 fully saturated rings. The zero-order valence-electron chi connectivity index (χ0n) is 13.2. The van der Waals surface area contributed by atoms with Crippen LogP contribution >= 0.6 is 0 Å². The van der Waals surface area contributed by atoms with Crippen LogP contribution in [0.25, 0.3) is 0 Å². The number of methoxy groups -OCH3 is 1. The lowest BCUT2D eigenvalue weighted by molar-refractivity contribution is 0.401. The van der Waals surface area contributed by atoms with E-state index in [9.17, 15) is 0 Å². The highest BCUT2D eigenvalue weighted by Crippen LogP contribution is 2.09. The van der Waals surface area contributed by atoms with E-state index in [0.717, 1.165) is 5.88 Å². The van der Waals surface area contributed by atoms with E-state index in [1.807, 2.05) is 6.20 Å². The van der Waals surface area contributed by atoms with Gasteiger partial charge in [-0.3, -0.25) is 0 Å². The standard InChI is InChI=1S/C17H22NOSi2/c1-6-21(5,14-10-8-7-9-11-14)15-12-16(20(3)4)17(19-2)18-13-15/h6-13H,1H2,2-5H3. The van der Waals surface area contributed by atoms with Gasteiger partial charge in [0.1, 0.15) is 8.07 Å². The van der Waals surface area contributed by atoms with Gasteiger partial charge in [-0.1, -0.05) is 66.9 Å². The minimum Gasteiger partial charge on any atom is -0.481 e. The number of rotatable bonds is 5. The van der Waals surface area contributed by atoms with Crippen molar-refractivity contribution in [1.29, 1.82) is 0 Å². The van der Waals surface area contributed by atoms with Crippen LogP contribution in [0.5, 0.6) is 5.88 Å². The van der Waals surface area contributed by atoms with E-state index in [4.69, 9.17) is 4.74 Å². The van der Waals surface area contributed by atoms with Crippen LogP contribution in [-0.4, -0.2) is 29.0 Å². The Balaban J connectivity index is 2.58. The fourth-order valence-corrected chi connectivity index (χ4v) is 6.09. The average molecular weight is 313 g/mol. The Morgan fingerprint density at radius 3 is 2.38 bits per heavy atom. The Labute approximate surface area is 130 Å². The third kappa shape index (κ3) is 3.01. The van der Waals surface area contributed by atoms with Gasteiger partial charge >= 0.3 is 0 Å². The van der Waals surface area contributed by atoms with Crippen molar-refractivity contribution < 1.29 is 4.74 Å². The quantitative estimate of drug-likeness (QED) is 0.788. The molecule has 0 aliphatic heterocycles. The van der Waals surface area contributed by atoms with Gasteiger partial charge in [0.2, 0.25) is 5.88 Å². The van der Waals surface area contributed by atoms with Crippen LogP contribution < -0.4 is 20.3 Å². The first-order chi connectivity index (χ1) is 10.0. The summed E-state index contributed by atoms with van der Waals surface area (Å²) in [5, 5.41) is 3.92. The summed E-state index contributed by atoms with van der Waals surface area (Å²) in [6.07, 6.45) is 1.97. The summed E-state index contributed by atoms with van der Waals surface area (Å²) in [5.74, 6) is 0.770. The van der Waals surface area contributed by atoms with Gasteiger partial charge in [-0.05, 0) is 10.4 Å². The van der Waals surface area contributed by atoms with Gasteiger partial charge in [0.25, 0.3) is 0 Å². The maximum Gasteiger partial charge on any atom is 0.211 e. The Morgan fingerprint density at radius 1 is 1.19 bits per heavy atom. The Bertz CT molecular complexity index is 628. The molecule has 109 valence electrons. The van der Waals surface area contributed by atoms with Gasteiger partial charge in [-0.25, -0.2) is 4.98 Å². The summed E-state index contributed by atoms with van der Waals surface area (Å²) in [5.41, 5.74) is 2.13. The molecule has 4 heteroatoms. The minimum atomic E-state index is -1.93. The van der Waals surface area contributed by atoms with Gasteiger partial charge in [0.05, 0.1) is 15.9 Å². The summed E-state index contributed by atoms with van der Waals surface area (Å²) >= 11 is 0. The van der Waals surface area contributed by atoms with Crippen LogP contribution in [0.2, 0.25) is 19.6 Å². The highest BCUT2D eigenvalue weighted by molar-refractivity contribution is 7.05. The third-order valence-electron chi connectivity index (χ3n) is 3.96. The lowest BCUT2D eigenvalue weighted by atomic mass is 10.4. The molecular weight excluding hydrogens is 290 g/mol. The number of hydrogen-bond donors (Lipinski definition) is 0. The maximum absolute atomic E-state index is 5.42. The van der Waals surface area contributed by atoms with Crippen molar-refractivity contribution in [2.45, 2.75) is 19.6 Å². The molecule has 2 rings (SSSR count). The molecule has 0 aliphatic rings. The molecule has 1 radical (unpaired) electrons. The molecule has 0 aliphatic carbocycles. The molecule has 0 saturated carbocycles. The smallest absolute Gasteiger partial charge is 0.211 e. The fraction of sp³-hybridized carbons (Fsp3) is 0.235. The predicted octanol–water partition coefficient (Wildman–Crippen LogP) is 1.97. The predicted molar refractivity (Wildman–Crippen MR) is 95.4 cm³/mol. The van der Waals surface area contributed by atoms with Gasteiger partial charge in [-0.2, -0.15) is 0 Å². The number of aromatic nitrogens is 1. The second-order valence-electron chi connectivity index (χ2n) is 5.55. The number of hydrogen-bond acceptors (Lipinski definition) is 2. The number of ether oxygens (including phenoxy) is 1. The summed E-state index contributed by atoms with van der Waals surface area (Å²) in [6, 6.07) is 12.9. The first kappa shape index (κ1) is 15.7. The average Bonchev–Trinajstić information content (AvgIpc) is 2.54. The normalized spacial score (nSPS) is 13.8. The van der Waals surface area contributed by atoms with Crippen molar-refractivity contribution >= 4 is 32.4 Å². The van der Waals surface area contributed by atoms with Crippen molar-refractivity contribution in [1.82, 2.24) is 4.98 Å². The number of pyridine rings is 1. The summed E-state index contributed by atoms with van der Waals surface area (Å²) in [4.78, 5) is 4.55. The molecule has 2 nitrogen and oxygen atoms in total. The van der Waals surface area contributed by atoms with Crippen LogP contribution in [0.3, 0.4) is 0 Å². The van der Waals surface area contributed by atoms with Gasteiger partial charge in [0, 0.05) is 6.20 Å². The topological polar surface area (TPSA) is 22.1 Å². The summed E-state index contributed by atoms with van der Waals surface area (Å²) in [6.45, 7) is 11.0. The van der Waals surface area contributed by atoms with E-state index in [-0.39, 0.29) is 0 Å². The molecule has 0 saturated heterocycles. The Kier molecular flexibility index (Phi) is 4.80. The monoisotopic (exact) mass is 312 g/mol. The summed E-state index contributed by atoms with van der Waals surface area (Å²) < 4.78 is 5.42. The lowest BCUT2D eigenvalue weighted by Gasteiger charge is -2.25. The Hall–Kier alpha value is -1.66. The Morgan fingerprint density at radius 2 is 1.86 bits per heavy atom. The lowest BCUT2D eigenvalue weighted by Crippen LogP contribution is -2.55. The van der Waals surface area contributed by atoms with Crippen LogP contribution in [0.1, 0.15) is 0 Å². The maximum atomic E-state index is 5.42. The first-order valence-electron chi connectivity index (χ1n) is 7.07. The van der Waals surface area contributed by atoms with Gasteiger partial charge in [-0.15, -0.1) is 6.58 Å². The highest BCUT2D eigenvalue weighted by atomic mass is 28.3. The number of nitrogens with zero attached hydrogens (tertiary/aromatic N) is 1.